The van der Waals surface area contributed by atoms with Gasteiger partial charge in [-0.2, -0.15) is 0 Å². The highest BCUT2D eigenvalue weighted by Gasteiger charge is 2.04. The summed E-state index contributed by atoms with van der Waals surface area (Å²) in [6, 6.07) is 0. The highest BCUT2D eigenvalue weighted by atomic mass is 19.1. The van der Waals surface area contributed by atoms with Crippen LogP contribution in [-0.4, -0.2) is 6.17 Å². The summed E-state index contributed by atoms with van der Waals surface area (Å²) < 4.78 is 26.5. The molecule has 0 spiro atoms. The fraction of sp³-hybridized carbons (Fsp3) is 0.350. The molecule has 1 atom stereocenters. The van der Waals surface area contributed by atoms with Crippen molar-refractivity contribution in [2.75, 3.05) is 0 Å². The molecule has 0 aliphatic rings. The molecule has 0 aliphatic carbocycles. The molecule has 0 rings (SSSR count). The minimum Gasteiger partial charge on any atom is -0.238 e. The molecule has 0 amide bonds. The van der Waals surface area contributed by atoms with Crippen molar-refractivity contribution < 1.29 is 8.78 Å². The molecule has 0 nitrogen and oxygen atoms in total. The molecule has 0 aromatic rings. The van der Waals surface area contributed by atoms with E-state index < -0.39 is 12.0 Å². The molecule has 0 fully saturated rings. The standard InChI is InChI=1S/C20H26F2/c1-7-10-19(14-20(22)13-17(6)21)18(8-2)12-9-11-16(5)15(3)4/h7-10,12-15,20H,2H2,1,3-6H3/b10-7+,17-13?,18-12+,19-14+. The van der Waals surface area contributed by atoms with Gasteiger partial charge in [0.25, 0.3) is 0 Å². The van der Waals surface area contributed by atoms with Crippen LogP contribution in [0.1, 0.15) is 34.6 Å². The molecule has 0 N–H and O–H groups in total. The second-order valence-electron chi connectivity index (χ2n) is 5.29. The number of hydrogen-bond acceptors (Lipinski definition) is 0. The Labute approximate surface area is 133 Å². The van der Waals surface area contributed by atoms with E-state index >= 15 is 0 Å². The molecule has 0 aliphatic heterocycles. The van der Waals surface area contributed by atoms with Crippen molar-refractivity contribution in [3.63, 3.8) is 0 Å². The lowest BCUT2D eigenvalue weighted by atomic mass is 10.0. The van der Waals surface area contributed by atoms with Crippen molar-refractivity contribution >= 4 is 0 Å². The lowest BCUT2D eigenvalue weighted by molar-refractivity contribution is 0.457. The molecule has 0 bridgehead atoms. The Balaban J connectivity index is 5.62. The molecular weight excluding hydrogens is 278 g/mol. The zero-order valence-corrected chi connectivity index (χ0v) is 14.2. The third-order valence-corrected chi connectivity index (χ3v) is 3.07. The average Bonchev–Trinajstić information content (AvgIpc) is 2.42. The summed E-state index contributed by atoms with van der Waals surface area (Å²) in [5, 5.41) is 0. The number of alkyl halides is 1. The van der Waals surface area contributed by atoms with E-state index in [4.69, 9.17) is 0 Å². The van der Waals surface area contributed by atoms with Crippen LogP contribution >= 0.6 is 0 Å². The lowest BCUT2D eigenvalue weighted by Crippen LogP contribution is -1.94. The fourth-order valence-corrected chi connectivity index (χ4v) is 1.58. The number of halogens is 2. The molecule has 120 valence electrons. The third-order valence-electron chi connectivity index (χ3n) is 3.07. The third kappa shape index (κ3) is 8.39. The second-order valence-corrected chi connectivity index (χ2v) is 5.29. The second kappa shape index (κ2) is 10.8. The summed E-state index contributed by atoms with van der Waals surface area (Å²) in [5.41, 5.74) is 5.73. The Morgan fingerprint density at radius 3 is 2.23 bits per heavy atom. The fourth-order valence-electron chi connectivity index (χ4n) is 1.58. The first-order chi connectivity index (χ1) is 10.3. The predicted octanol–water partition coefficient (Wildman–Crippen LogP) is 6.57. The van der Waals surface area contributed by atoms with Gasteiger partial charge in [-0.1, -0.05) is 38.7 Å². The molecule has 0 saturated carbocycles. The topological polar surface area (TPSA) is 0 Å². The van der Waals surface area contributed by atoms with Crippen molar-refractivity contribution in [1.82, 2.24) is 0 Å². The van der Waals surface area contributed by atoms with Crippen LogP contribution in [0, 0.1) is 5.92 Å². The molecule has 22 heavy (non-hydrogen) atoms. The van der Waals surface area contributed by atoms with Gasteiger partial charge in [-0.3, -0.25) is 0 Å². The maximum Gasteiger partial charge on any atom is 0.140 e. The molecule has 0 saturated heterocycles. The summed E-state index contributed by atoms with van der Waals surface area (Å²) >= 11 is 0. The highest BCUT2D eigenvalue weighted by molar-refractivity contribution is 5.48. The summed E-state index contributed by atoms with van der Waals surface area (Å²) in [4.78, 5) is 0. The van der Waals surface area contributed by atoms with E-state index in [0.717, 1.165) is 17.2 Å². The van der Waals surface area contributed by atoms with E-state index in [1.54, 1.807) is 24.3 Å². The first-order valence-corrected chi connectivity index (χ1v) is 7.40. The Hall–Kier alpha value is -1.92. The van der Waals surface area contributed by atoms with E-state index in [1.165, 1.54) is 13.0 Å². The maximum atomic E-state index is 13.8. The molecule has 0 aromatic heterocycles. The molecule has 0 heterocycles. The van der Waals surface area contributed by atoms with E-state index in [0.29, 0.717) is 11.5 Å². The SMILES string of the molecule is C=CC(=C\C=C=C(C)C(C)C)/C(/C=C/C)=C/C(F)C=C(C)F. The molecular formula is C20H26F2. The van der Waals surface area contributed by atoms with Crippen LogP contribution in [0.25, 0.3) is 0 Å². The van der Waals surface area contributed by atoms with Crippen LogP contribution in [0.2, 0.25) is 0 Å². The number of allylic oxidation sites excluding steroid dienone is 10. The summed E-state index contributed by atoms with van der Waals surface area (Å²) in [7, 11) is 0. The zero-order chi connectivity index (χ0) is 17.1. The van der Waals surface area contributed by atoms with Crippen LogP contribution in [0.5, 0.6) is 0 Å². The Kier molecular flexibility index (Phi) is 9.82. The quantitative estimate of drug-likeness (QED) is 0.368. The monoisotopic (exact) mass is 304 g/mol. The first-order valence-electron chi connectivity index (χ1n) is 7.40. The maximum absolute atomic E-state index is 13.8. The normalized spacial score (nSPS) is 15.0. The van der Waals surface area contributed by atoms with Crippen molar-refractivity contribution in [2.45, 2.75) is 40.8 Å². The highest BCUT2D eigenvalue weighted by Crippen LogP contribution is 2.17. The molecule has 0 aromatic carbocycles. The van der Waals surface area contributed by atoms with Gasteiger partial charge in [-0.15, -0.1) is 5.73 Å². The zero-order valence-electron chi connectivity index (χ0n) is 14.2. The van der Waals surface area contributed by atoms with Crippen molar-refractivity contribution in [2.24, 2.45) is 5.92 Å². The summed E-state index contributed by atoms with van der Waals surface area (Å²) in [6.07, 6.45) is 9.67. The summed E-state index contributed by atoms with van der Waals surface area (Å²) in [5.74, 6) is -0.113. The smallest absolute Gasteiger partial charge is 0.140 e. The van der Waals surface area contributed by atoms with Crippen LogP contribution in [0.15, 0.2) is 77.4 Å². The Morgan fingerprint density at radius 1 is 1.14 bits per heavy atom. The average molecular weight is 304 g/mol. The van der Waals surface area contributed by atoms with Crippen LogP contribution in [0.4, 0.5) is 8.78 Å². The van der Waals surface area contributed by atoms with Crippen molar-refractivity contribution in [3.8, 4) is 0 Å². The minimum atomic E-state index is -1.48. The van der Waals surface area contributed by atoms with Gasteiger partial charge in [0.1, 0.15) is 6.17 Å². The van der Waals surface area contributed by atoms with Crippen LogP contribution in [-0.2, 0) is 0 Å². The van der Waals surface area contributed by atoms with Gasteiger partial charge < -0.3 is 0 Å². The van der Waals surface area contributed by atoms with Crippen molar-refractivity contribution in [3.05, 3.63) is 77.4 Å². The van der Waals surface area contributed by atoms with E-state index in [9.17, 15) is 8.78 Å². The molecule has 1 unspecified atom stereocenters. The Bertz CT molecular complexity index is 544. The van der Waals surface area contributed by atoms with E-state index in [2.05, 4.69) is 26.2 Å². The first kappa shape index (κ1) is 20.1. The van der Waals surface area contributed by atoms with Gasteiger partial charge in [0.15, 0.2) is 0 Å². The minimum absolute atomic E-state index is 0.426. The van der Waals surface area contributed by atoms with Gasteiger partial charge >= 0.3 is 0 Å². The van der Waals surface area contributed by atoms with Gasteiger partial charge in [-0.05, 0) is 67.7 Å². The van der Waals surface area contributed by atoms with Gasteiger partial charge in [0.05, 0.1) is 5.83 Å². The van der Waals surface area contributed by atoms with Crippen LogP contribution < -0.4 is 0 Å². The summed E-state index contributed by atoms with van der Waals surface area (Å²) in [6.45, 7) is 13.0. The van der Waals surface area contributed by atoms with Crippen molar-refractivity contribution in [1.29, 1.82) is 0 Å². The number of hydrogen-bond donors (Lipinski definition) is 0. The molecule has 2 heteroatoms. The number of rotatable bonds is 7. The van der Waals surface area contributed by atoms with Gasteiger partial charge in [-0.25, -0.2) is 8.78 Å². The Morgan fingerprint density at radius 2 is 1.77 bits per heavy atom. The molecule has 0 radical (unpaired) electrons. The van der Waals surface area contributed by atoms with E-state index in [1.807, 2.05) is 19.9 Å². The van der Waals surface area contributed by atoms with Gasteiger partial charge in [0.2, 0.25) is 0 Å². The van der Waals surface area contributed by atoms with E-state index in [-0.39, 0.29) is 0 Å². The largest absolute Gasteiger partial charge is 0.238 e. The van der Waals surface area contributed by atoms with Crippen LogP contribution in [0.3, 0.4) is 0 Å². The van der Waals surface area contributed by atoms with Gasteiger partial charge in [0, 0.05) is 0 Å². The predicted molar refractivity (Wildman–Crippen MR) is 93.0 cm³/mol. The lowest BCUT2D eigenvalue weighted by Gasteiger charge is -2.05.